The number of hydrogen-bond acceptors (Lipinski definition) is 3. The van der Waals surface area contributed by atoms with Crippen molar-refractivity contribution in [3.05, 3.63) is 35.4 Å². The summed E-state index contributed by atoms with van der Waals surface area (Å²) in [7, 11) is 0. The van der Waals surface area contributed by atoms with Crippen LogP contribution in [0.4, 0.5) is 0 Å². The number of carbonyl (C=O) groups excluding carboxylic acids is 1. The molecule has 20 heavy (non-hydrogen) atoms. The van der Waals surface area contributed by atoms with Crippen LogP contribution in [0.15, 0.2) is 24.3 Å². The number of amides is 1. The van der Waals surface area contributed by atoms with Crippen LogP contribution in [0.3, 0.4) is 0 Å². The standard InChI is InChI=1S/C16H25N3O/c1-14-4-6-15(7-5-14)16(20)19-12-10-18(11-13-19)9-3-2-8-17/h4-7H,2-3,8-13,17H2,1H3. The fraction of sp³-hybridized carbons (Fsp3) is 0.562. The zero-order valence-corrected chi connectivity index (χ0v) is 12.3. The van der Waals surface area contributed by atoms with E-state index in [1.54, 1.807) is 0 Å². The van der Waals surface area contributed by atoms with Crippen LogP contribution >= 0.6 is 0 Å². The lowest BCUT2D eigenvalue weighted by Gasteiger charge is -2.34. The first-order valence-corrected chi connectivity index (χ1v) is 7.49. The minimum atomic E-state index is 0.159. The fourth-order valence-corrected chi connectivity index (χ4v) is 2.53. The van der Waals surface area contributed by atoms with E-state index in [9.17, 15) is 4.79 Å². The first kappa shape index (κ1) is 15.0. The Balaban J connectivity index is 1.81. The Morgan fingerprint density at radius 3 is 2.35 bits per heavy atom. The second-order valence-electron chi connectivity index (χ2n) is 5.50. The summed E-state index contributed by atoms with van der Waals surface area (Å²) in [5, 5.41) is 0. The Morgan fingerprint density at radius 2 is 1.75 bits per heavy atom. The molecule has 1 aromatic rings. The maximum Gasteiger partial charge on any atom is 0.253 e. The molecular weight excluding hydrogens is 250 g/mol. The van der Waals surface area contributed by atoms with Crippen LogP contribution in [-0.2, 0) is 0 Å². The van der Waals surface area contributed by atoms with Gasteiger partial charge in [0.2, 0.25) is 0 Å². The summed E-state index contributed by atoms with van der Waals surface area (Å²) in [6.07, 6.45) is 2.24. The molecule has 1 heterocycles. The van der Waals surface area contributed by atoms with Crippen molar-refractivity contribution in [3.8, 4) is 0 Å². The lowest BCUT2D eigenvalue weighted by atomic mass is 10.1. The SMILES string of the molecule is Cc1ccc(C(=O)N2CCN(CCCCN)CC2)cc1. The third-order valence-corrected chi connectivity index (χ3v) is 3.89. The van der Waals surface area contributed by atoms with Gasteiger partial charge in [-0.3, -0.25) is 9.69 Å². The van der Waals surface area contributed by atoms with Crippen LogP contribution in [0.25, 0.3) is 0 Å². The molecule has 0 aliphatic carbocycles. The maximum atomic E-state index is 12.4. The third kappa shape index (κ3) is 4.05. The van der Waals surface area contributed by atoms with Crippen molar-refractivity contribution in [2.45, 2.75) is 19.8 Å². The number of rotatable bonds is 5. The predicted octanol–water partition coefficient (Wildman–Crippen LogP) is 1.49. The molecule has 2 rings (SSSR count). The van der Waals surface area contributed by atoms with Crippen LogP contribution in [0, 0.1) is 6.92 Å². The number of nitrogens with two attached hydrogens (primary N) is 1. The fourth-order valence-electron chi connectivity index (χ4n) is 2.53. The normalized spacial score (nSPS) is 16.4. The highest BCUT2D eigenvalue weighted by atomic mass is 16.2. The molecule has 1 fully saturated rings. The van der Waals surface area contributed by atoms with E-state index in [0.717, 1.165) is 57.7 Å². The Labute approximate surface area is 121 Å². The van der Waals surface area contributed by atoms with Crippen LogP contribution < -0.4 is 5.73 Å². The van der Waals surface area contributed by atoms with Gasteiger partial charge in [0.25, 0.3) is 5.91 Å². The van der Waals surface area contributed by atoms with E-state index in [4.69, 9.17) is 5.73 Å². The minimum absolute atomic E-state index is 0.159. The molecule has 0 saturated carbocycles. The van der Waals surface area contributed by atoms with E-state index in [1.807, 2.05) is 36.1 Å². The first-order chi connectivity index (χ1) is 9.70. The summed E-state index contributed by atoms with van der Waals surface area (Å²) in [6, 6.07) is 7.84. The Bertz CT molecular complexity index is 422. The Kier molecular flexibility index (Phi) is 5.56. The van der Waals surface area contributed by atoms with Crippen molar-refractivity contribution >= 4 is 5.91 Å². The third-order valence-electron chi connectivity index (χ3n) is 3.89. The van der Waals surface area contributed by atoms with Gasteiger partial charge in [-0.1, -0.05) is 17.7 Å². The van der Waals surface area contributed by atoms with Crippen LogP contribution in [-0.4, -0.2) is 55.0 Å². The molecule has 4 heteroatoms. The number of nitrogens with zero attached hydrogens (tertiary/aromatic N) is 2. The summed E-state index contributed by atoms with van der Waals surface area (Å²) in [4.78, 5) is 16.8. The predicted molar refractivity (Wildman–Crippen MR) is 81.8 cm³/mol. The quantitative estimate of drug-likeness (QED) is 0.828. The average molecular weight is 275 g/mol. The van der Waals surface area contributed by atoms with Crippen molar-refractivity contribution in [1.29, 1.82) is 0 Å². The van der Waals surface area contributed by atoms with E-state index < -0.39 is 0 Å². The molecule has 0 aromatic heterocycles. The molecule has 4 nitrogen and oxygen atoms in total. The van der Waals surface area contributed by atoms with Gasteiger partial charge in [0, 0.05) is 31.7 Å². The Hall–Kier alpha value is -1.39. The second kappa shape index (κ2) is 7.41. The van der Waals surface area contributed by atoms with E-state index in [2.05, 4.69) is 4.90 Å². The van der Waals surface area contributed by atoms with E-state index in [-0.39, 0.29) is 5.91 Å². The number of aryl methyl sites for hydroxylation is 1. The molecular formula is C16H25N3O. The molecule has 2 N–H and O–H groups in total. The van der Waals surface area contributed by atoms with Gasteiger partial charge in [0.1, 0.15) is 0 Å². The Morgan fingerprint density at radius 1 is 1.10 bits per heavy atom. The number of piperazine rings is 1. The lowest BCUT2D eigenvalue weighted by Crippen LogP contribution is -2.48. The number of benzene rings is 1. The summed E-state index contributed by atoms with van der Waals surface area (Å²) < 4.78 is 0. The highest BCUT2D eigenvalue weighted by Gasteiger charge is 2.21. The van der Waals surface area contributed by atoms with Crippen molar-refractivity contribution in [2.24, 2.45) is 5.73 Å². The second-order valence-corrected chi connectivity index (χ2v) is 5.50. The first-order valence-electron chi connectivity index (χ1n) is 7.49. The molecule has 0 bridgehead atoms. The van der Waals surface area contributed by atoms with Crippen LogP contribution in [0.5, 0.6) is 0 Å². The minimum Gasteiger partial charge on any atom is -0.336 e. The van der Waals surface area contributed by atoms with Crippen molar-refractivity contribution in [3.63, 3.8) is 0 Å². The molecule has 1 aromatic carbocycles. The largest absolute Gasteiger partial charge is 0.336 e. The molecule has 0 spiro atoms. The van der Waals surface area contributed by atoms with Gasteiger partial charge >= 0.3 is 0 Å². The smallest absolute Gasteiger partial charge is 0.253 e. The molecule has 0 atom stereocenters. The number of carbonyl (C=O) groups is 1. The molecule has 1 saturated heterocycles. The van der Waals surface area contributed by atoms with Crippen molar-refractivity contribution < 1.29 is 4.79 Å². The monoisotopic (exact) mass is 275 g/mol. The lowest BCUT2D eigenvalue weighted by molar-refractivity contribution is 0.0635. The summed E-state index contributed by atoms with van der Waals surface area (Å²) >= 11 is 0. The van der Waals surface area contributed by atoms with E-state index in [1.165, 1.54) is 5.56 Å². The van der Waals surface area contributed by atoms with Crippen molar-refractivity contribution in [1.82, 2.24) is 9.80 Å². The zero-order valence-electron chi connectivity index (χ0n) is 12.3. The van der Waals surface area contributed by atoms with E-state index >= 15 is 0 Å². The maximum absolute atomic E-state index is 12.4. The highest BCUT2D eigenvalue weighted by Crippen LogP contribution is 2.10. The van der Waals surface area contributed by atoms with Gasteiger partial charge in [-0.25, -0.2) is 0 Å². The topological polar surface area (TPSA) is 49.6 Å². The van der Waals surface area contributed by atoms with Gasteiger partial charge in [-0.05, 0) is 45.0 Å². The van der Waals surface area contributed by atoms with Gasteiger partial charge in [-0.15, -0.1) is 0 Å². The molecule has 1 amide bonds. The van der Waals surface area contributed by atoms with Crippen LogP contribution in [0.2, 0.25) is 0 Å². The van der Waals surface area contributed by atoms with Gasteiger partial charge in [0.05, 0.1) is 0 Å². The van der Waals surface area contributed by atoms with E-state index in [0.29, 0.717) is 0 Å². The van der Waals surface area contributed by atoms with Gasteiger partial charge in [-0.2, -0.15) is 0 Å². The van der Waals surface area contributed by atoms with Gasteiger partial charge < -0.3 is 10.6 Å². The van der Waals surface area contributed by atoms with Gasteiger partial charge in [0.15, 0.2) is 0 Å². The average Bonchev–Trinajstić information content (AvgIpc) is 2.48. The van der Waals surface area contributed by atoms with Crippen LogP contribution in [0.1, 0.15) is 28.8 Å². The van der Waals surface area contributed by atoms with Crippen molar-refractivity contribution in [2.75, 3.05) is 39.3 Å². The molecule has 1 aliphatic rings. The molecule has 110 valence electrons. The molecule has 1 aliphatic heterocycles. The summed E-state index contributed by atoms with van der Waals surface area (Å²) in [6.45, 7) is 7.51. The summed E-state index contributed by atoms with van der Waals surface area (Å²) in [5.41, 5.74) is 7.49. The zero-order chi connectivity index (χ0) is 14.4. The number of unbranched alkanes of at least 4 members (excludes halogenated alkanes) is 1. The highest BCUT2D eigenvalue weighted by molar-refractivity contribution is 5.94. The molecule has 0 radical (unpaired) electrons. The number of hydrogen-bond donors (Lipinski definition) is 1. The summed E-state index contributed by atoms with van der Waals surface area (Å²) in [5.74, 6) is 0.159. The molecule has 0 unspecified atom stereocenters.